The molecule has 1 aliphatic rings. The zero-order valence-electron chi connectivity index (χ0n) is 13.8. The predicted molar refractivity (Wildman–Crippen MR) is 104 cm³/mol. The van der Waals surface area contributed by atoms with Crippen LogP contribution in [0, 0.1) is 0 Å². The van der Waals surface area contributed by atoms with Crippen molar-refractivity contribution in [3.05, 3.63) is 102 Å². The van der Waals surface area contributed by atoms with Crippen LogP contribution in [0.3, 0.4) is 0 Å². The van der Waals surface area contributed by atoms with Crippen LogP contribution in [0.25, 0.3) is 0 Å². The van der Waals surface area contributed by atoms with Crippen LogP contribution in [0.2, 0.25) is 0 Å². The first kappa shape index (κ1) is 16.5. The average molecular weight is 369 g/mol. The van der Waals surface area contributed by atoms with E-state index in [0.29, 0.717) is 0 Å². The lowest BCUT2D eigenvalue weighted by atomic mass is 9.84. The Labute approximate surface area is 158 Å². The number of halogens is 2. The van der Waals surface area contributed by atoms with Crippen molar-refractivity contribution in [3.8, 4) is 5.75 Å². The van der Waals surface area contributed by atoms with Crippen LogP contribution in [-0.4, -0.2) is 11.4 Å². The molecule has 0 aliphatic heterocycles. The lowest BCUT2D eigenvalue weighted by Gasteiger charge is -2.20. The smallest absolute Gasteiger partial charge is 0.140 e. The summed E-state index contributed by atoms with van der Waals surface area (Å²) in [7, 11) is 1.67. The summed E-state index contributed by atoms with van der Waals surface area (Å²) in [6.45, 7) is 0. The number of ether oxygens (including phenoxy) is 1. The maximum atomic E-state index is 6.94. The van der Waals surface area contributed by atoms with E-state index in [4.69, 9.17) is 27.9 Å². The third-order valence-corrected chi connectivity index (χ3v) is 6.18. The quantitative estimate of drug-likeness (QED) is 0.516. The number of hydrogen-bond donors (Lipinski definition) is 0. The Morgan fingerprint density at radius 1 is 0.720 bits per heavy atom. The van der Waals surface area contributed by atoms with Gasteiger partial charge in [0.2, 0.25) is 0 Å². The summed E-state index contributed by atoms with van der Waals surface area (Å²) in [4.78, 5) is 0. The molecule has 2 unspecified atom stereocenters. The van der Waals surface area contributed by atoms with Gasteiger partial charge in [0.05, 0.1) is 12.5 Å². The molecule has 3 aromatic rings. The van der Waals surface area contributed by atoms with E-state index in [9.17, 15) is 0 Å². The van der Waals surface area contributed by atoms with Gasteiger partial charge in [-0.3, -0.25) is 0 Å². The molecule has 0 amide bonds. The van der Waals surface area contributed by atoms with Gasteiger partial charge in [0.1, 0.15) is 10.1 Å². The summed E-state index contributed by atoms with van der Waals surface area (Å²) >= 11 is 13.9. The standard InChI is InChI=1S/C22H18Cl2O/c1-25-19-14-12-18(13-15-19)21(17-10-6-3-7-11-17)20(22(21,23)24)16-8-4-2-5-9-16/h2-15,20H,1H3. The van der Waals surface area contributed by atoms with Gasteiger partial charge < -0.3 is 4.74 Å². The third kappa shape index (κ3) is 2.38. The van der Waals surface area contributed by atoms with Gasteiger partial charge in [0.15, 0.2) is 0 Å². The molecule has 0 aromatic heterocycles. The van der Waals surface area contributed by atoms with E-state index in [2.05, 4.69) is 36.4 Å². The maximum absolute atomic E-state index is 6.94. The first-order valence-electron chi connectivity index (χ1n) is 8.25. The largest absolute Gasteiger partial charge is 0.497 e. The van der Waals surface area contributed by atoms with Crippen molar-refractivity contribution in [2.24, 2.45) is 0 Å². The van der Waals surface area contributed by atoms with Gasteiger partial charge in [-0.1, -0.05) is 96.0 Å². The van der Waals surface area contributed by atoms with E-state index >= 15 is 0 Å². The minimum Gasteiger partial charge on any atom is -0.497 e. The topological polar surface area (TPSA) is 9.23 Å². The van der Waals surface area contributed by atoms with Crippen molar-refractivity contribution in [2.45, 2.75) is 15.7 Å². The monoisotopic (exact) mass is 368 g/mol. The van der Waals surface area contributed by atoms with E-state index in [1.54, 1.807) is 7.11 Å². The van der Waals surface area contributed by atoms with Crippen molar-refractivity contribution in [2.75, 3.05) is 7.11 Å². The highest BCUT2D eigenvalue weighted by Crippen LogP contribution is 2.77. The zero-order valence-corrected chi connectivity index (χ0v) is 15.3. The Bertz CT molecular complexity index is 860. The molecule has 1 nitrogen and oxygen atoms in total. The molecule has 2 atom stereocenters. The van der Waals surface area contributed by atoms with Gasteiger partial charge in [-0.2, -0.15) is 0 Å². The van der Waals surface area contributed by atoms with E-state index in [0.717, 1.165) is 22.4 Å². The minimum absolute atomic E-state index is 0.0136. The Hall–Kier alpha value is -1.96. The van der Waals surface area contributed by atoms with Crippen LogP contribution in [0.5, 0.6) is 5.75 Å². The molecule has 0 spiro atoms. The minimum atomic E-state index is -0.912. The maximum Gasteiger partial charge on any atom is 0.140 e. The van der Waals surface area contributed by atoms with Crippen LogP contribution in [0.15, 0.2) is 84.9 Å². The number of benzene rings is 3. The summed E-state index contributed by atoms with van der Waals surface area (Å²) in [5.41, 5.74) is 2.88. The Kier molecular flexibility index (Phi) is 4.02. The highest BCUT2D eigenvalue weighted by atomic mass is 35.5. The van der Waals surface area contributed by atoms with Crippen LogP contribution in [0.1, 0.15) is 22.6 Å². The molecule has 3 heteroatoms. The molecule has 3 aromatic carbocycles. The molecule has 0 heterocycles. The van der Waals surface area contributed by atoms with Crippen molar-refractivity contribution in [3.63, 3.8) is 0 Å². The second-order valence-electron chi connectivity index (χ2n) is 6.37. The van der Waals surface area contributed by atoms with Crippen molar-refractivity contribution in [1.29, 1.82) is 0 Å². The van der Waals surface area contributed by atoms with Gasteiger partial charge in [-0.05, 0) is 28.8 Å². The van der Waals surface area contributed by atoms with Crippen molar-refractivity contribution >= 4 is 23.2 Å². The van der Waals surface area contributed by atoms with Crippen LogP contribution >= 0.6 is 23.2 Å². The number of rotatable bonds is 4. The van der Waals surface area contributed by atoms with Crippen LogP contribution in [0.4, 0.5) is 0 Å². The van der Waals surface area contributed by atoms with Gasteiger partial charge in [0, 0.05) is 5.92 Å². The molecule has 4 rings (SSSR count). The number of methoxy groups -OCH3 is 1. The summed E-state index contributed by atoms with van der Waals surface area (Å²) in [5.74, 6) is 0.805. The lowest BCUT2D eigenvalue weighted by Crippen LogP contribution is -2.17. The first-order valence-corrected chi connectivity index (χ1v) is 9.01. The van der Waals surface area contributed by atoms with Crippen LogP contribution in [-0.2, 0) is 5.41 Å². The fourth-order valence-electron chi connectivity index (χ4n) is 3.95. The molecule has 1 fully saturated rings. The fraction of sp³-hybridized carbons (Fsp3) is 0.182. The molecule has 1 saturated carbocycles. The van der Waals surface area contributed by atoms with E-state index in [1.165, 1.54) is 0 Å². The molecule has 25 heavy (non-hydrogen) atoms. The van der Waals surface area contributed by atoms with Gasteiger partial charge >= 0.3 is 0 Å². The van der Waals surface area contributed by atoms with Crippen molar-refractivity contribution in [1.82, 2.24) is 0 Å². The van der Waals surface area contributed by atoms with Gasteiger partial charge in [-0.15, -0.1) is 0 Å². The molecular formula is C22H18Cl2O. The van der Waals surface area contributed by atoms with Gasteiger partial charge in [0.25, 0.3) is 0 Å². The lowest BCUT2D eigenvalue weighted by molar-refractivity contribution is 0.414. The SMILES string of the molecule is COc1ccc(C2(c3ccccc3)C(c3ccccc3)C2(Cl)Cl)cc1. The van der Waals surface area contributed by atoms with E-state index < -0.39 is 9.75 Å². The second kappa shape index (κ2) is 6.09. The molecule has 0 saturated heterocycles. The fourth-order valence-corrected chi connectivity index (χ4v) is 5.07. The normalized spacial score (nSPS) is 23.9. The van der Waals surface area contributed by atoms with Crippen molar-refractivity contribution < 1.29 is 4.74 Å². The van der Waals surface area contributed by atoms with E-state index in [-0.39, 0.29) is 5.92 Å². The third-order valence-electron chi connectivity index (χ3n) is 5.15. The molecule has 126 valence electrons. The average Bonchev–Trinajstić information content (AvgIpc) is 3.20. The molecule has 1 aliphatic carbocycles. The Morgan fingerprint density at radius 2 is 1.24 bits per heavy atom. The predicted octanol–water partition coefficient (Wildman–Crippen LogP) is 5.95. The van der Waals surface area contributed by atoms with Gasteiger partial charge in [-0.25, -0.2) is 0 Å². The number of hydrogen-bond acceptors (Lipinski definition) is 1. The summed E-state index contributed by atoms with van der Waals surface area (Å²) in [5, 5.41) is 0. The zero-order chi connectivity index (χ0) is 17.5. The summed E-state index contributed by atoms with van der Waals surface area (Å²) in [6.07, 6.45) is 0. The second-order valence-corrected chi connectivity index (χ2v) is 7.76. The summed E-state index contributed by atoms with van der Waals surface area (Å²) < 4.78 is 4.39. The van der Waals surface area contributed by atoms with Crippen LogP contribution < -0.4 is 4.74 Å². The first-order chi connectivity index (χ1) is 12.1. The molecule has 0 N–H and O–H groups in total. The Morgan fingerprint density at radius 3 is 1.80 bits per heavy atom. The summed E-state index contributed by atoms with van der Waals surface area (Å²) in [6, 6.07) is 28.6. The highest BCUT2D eigenvalue weighted by Gasteiger charge is 2.77. The Balaban J connectivity index is 1.92. The number of alkyl halides is 2. The highest BCUT2D eigenvalue weighted by molar-refractivity contribution is 6.53. The molecular weight excluding hydrogens is 351 g/mol. The van der Waals surface area contributed by atoms with E-state index in [1.807, 2.05) is 48.5 Å². The molecule has 0 bridgehead atoms. The molecule has 0 radical (unpaired) electrons.